The number of nitrogens with zero attached hydrogens (tertiary/aromatic N) is 2. The Balaban J connectivity index is 1.27. The Morgan fingerprint density at radius 2 is 1.75 bits per heavy atom. The molecule has 0 saturated heterocycles. The minimum atomic E-state index is -0.288. The van der Waals surface area contributed by atoms with E-state index in [0.29, 0.717) is 27.6 Å². The van der Waals surface area contributed by atoms with Gasteiger partial charge in [-0.3, -0.25) is 14.2 Å². The number of hydrogen-bond donors (Lipinski definition) is 1. The maximum absolute atomic E-state index is 13.0. The standard InChI is InChI=1S/C24H20ClN3O3S/c25-15-5-9-17(10-6-15)31-18-11-7-16(8-12-18)27-21(29)13-28-14-26-23-22(24(28)30)19-3-1-2-4-20(19)32-23/h5-12,14H,1-4,13H2,(H,27,29). The molecular formula is C24H20ClN3O3S. The number of fused-ring (bicyclic) bond motifs is 3. The SMILES string of the molecule is O=C(Cn1cnc2sc3c(c2c1=O)CCCC3)Nc1ccc(Oc2ccc(Cl)cc2)cc1. The van der Waals surface area contributed by atoms with Crippen molar-refractivity contribution in [2.45, 2.75) is 32.2 Å². The molecule has 0 bridgehead atoms. The van der Waals surface area contributed by atoms with Crippen LogP contribution in [0.1, 0.15) is 23.3 Å². The molecule has 5 rings (SSSR count). The normalized spacial score (nSPS) is 13.0. The van der Waals surface area contributed by atoms with E-state index in [1.54, 1.807) is 59.9 Å². The Morgan fingerprint density at radius 3 is 2.50 bits per heavy atom. The van der Waals surface area contributed by atoms with Gasteiger partial charge in [0, 0.05) is 15.6 Å². The number of ether oxygens (including phenoxy) is 1. The molecule has 2 aromatic carbocycles. The highest BCUT2D eigenvalue weighted by Gasteiger charge is 2.20. The predicted octanol–water partition coefficient (Wildman–Crippen LogP) is 5.42. The highest BCUT2D eigenvalue weighted by molar-refractivity contribution is 7.18. The van der Waals surface area contributed by atoms with Crippen LogP contribution in [0.25, 0.3) is 10.2 Å². The van der Waals surface area contributed by atoms with Crippen molar-refractivity contribution in [3.05, 3.63) is 80.7 Å². The van der Waals surface area contributed by atoms with Gasteiger partial charge in [-0.1, -0.05) is 11.6 Å². The third-order valence-corrected chi connectivity index (χ3v) is 6.89. The van der Waals surface area contributed by atoms with Gasteiger partial charge in [0.05, 0.1) is 11.7 Å². The fraction of sp³-hybridized carbons (Fsp3) is 0.208. The fourth-order valence-corrected chi connectivity index (χ4v) is 5.24. The first kappa shape index (κ1) is 20.7. The van der Waals surface area contributed by atoms with E-state index in [0.717, 1.165) is 36.1 Å². The number of aryl methyl sites for hydroxylation is 2. The Bertz CT molecular complexity index is 1340. The quantitative estimate of drug-likeness (QED) is 0.427. The first-order valence-corrected chi connectivity index (χ1v) is 11.6. The monoisotopic (exact) mass is 465 g/mol. The number of thiophene rings is 1. The molecule has 0 atom stereocenters. The van der Waals surface area contributed by atoms with Crippen molar-refractivity contribution in [3.63, 3.8) is 0 Å². The average molecular weight is 466 g/mol. The molecule has 1 aliphatic rings. The molecule has 6 nitrogen and oxygen atoms in total. The molecule has 162 valence electrons. The van der Waals surface area contributed by atoms with Gasteiger partial charge in [0.1, 0.15) is 22.9 Å². The zero-order valence-corrected chi connectivity index (χ0v) is 18.7. The number of rotatable bonds is 5. The van der Waals surface area contributed by atoms with Crippen molar-refractivity contribution in [2.75, 3.05) is 5.32 Å². The van der Waals surface area contributed by atoms with E-state index in [4.69, 9.17) is 16.3 Å². The summed E-state index contributed by atoms with van der Waals surface area (Å²) in [6, 6.07) is 14.1. The second-order valence-corrected chi connectivity index (χ2v) is 9.22. The number of carbonyl (C=O) groups is 1. The maximum atomic E-state index is 13.0. The lowest BCUT2D eigenvalue weighted by Crippen LogP contribution is -2.28. The van der Waals surface area contributed by atoms with Gasteiger partial charge in [-0.2, -0.15) is 0 Å². The summed E-state index contributed by atoms with van der Waals surface area (Å²) < 4.78 is 7.15. The molecule has 0 spiro atoms. The lowest BCUT2D eigenvalue weighted by molar-refractivity contribution is -0.116. The van der Waals surface area contributed by atoms with E-state index >= 15 is 0 Å². The molecule has 2 aromatic heterocycles. The molecule has 1 aliphatic carbocycles. The van der Waals surface area contributed by atoms with Crippen LogP contribution in [0.4, 0.5) is 5.69 Å². The minimum absolute atomic E-state index is 0.0879. The summed E-state index contributed by atoms with van der Waals surface area (Å²) in [5, 5.41) is 4.15. The molecule has 0 aliphatic heterocycles. The molecule has 4 aromatic rings. The zero-order chi connectivity index (χ0) is 22.1. The summed E-state index contributed by atoms with van der Waals surface area (Å²) in [7, 11) is 0. The number of hydrogen-bond acceptors (Lipinski definition) is 5. The van der Waals surface area contributed by atoms with Gasteiger partial charge in [0.15, 0.2) is 0 Å². The third-order valence-electron chi connectivity index (χ3n) is 5.44. The Kier molecular flexibility index (Phi) is 5.68. The van der Waals surface area contributed by atoms with Gasteiger partial charge in [-0.05, 0) is 79.8 Å². The van der Waals surface area contributed by atoms with Gasteiger partial charge in [0.2, 0.25) is 5.91 Å². The zero-order valence-electron chi connectivity index (χ0n) is 17.1. The Labute approximate surface area is 193 Å². The number of nitrogens with one attached hydrogen (secondary N) is 1. The van der Waals surface area contributed by atoms with Crippen LogP contribution < -0.4 is 15.6 Å². The van der Waals surface area contributed by atoms with Crippen LogP contribution in [0.15, 0.2) is 59.7 Å². The fourth-order valence-electron chi connectivity index (χ4n) is 3.89. The second-order valence-electron chi connectivity index (χ2n) is 7.70. The molecule has 0 radical (unpaired) electrons. The molecule has 32 heavy (non-hydrogen) atoms. The lowest BCUT2D eigenvalue weighted by Gasteiger charge is -2.11. The van der Waals surface area contributed by atoms with Crippen molar-refractivity contribution < 1.29 is 9.53 Å². The number of benzene rings is 2. The smallest absolute Gasteiger partial charge is 0.262 e. The summed E-state index contributed by atoms with van der Waals surface area (Å²) in [5.74, 6) is 1.02. The largest absolute Gasteiger partial charge is 0.457 e. The highest BCUT2D eigenvalue weighted by atomic mass is 35.5. The summed E-state index contributed by atoms with van der Waals surface area (Å²) >= 11 is 7.49. The van der Waals surface area contributed by atoms with Crippen LogP contribution in [0, 0.1) is 0 Å². The van der Waals surface area contributed by atoms with Crippen LogP contribution in [0.3, 0.4) is 0 Å². The molecule has 2 heterocycles. The number of carbonyl (C=O) groups excluding carboxylic acids is 1. The van der Waals surface area contributed by atoms with E-state index in [9.17, 15) is 9.59 Å². The van der Waals surface area contributed by atoms with Crippen molar-refractivity contribution in [3.8, 4) is 11.5 Å². The van der Waals surface area contributed by atoms with E-state index < -0.39 is 0 Å². The molecule has 1 amide bonds. The molecule has 0 fully saturated rings. The van der Waals surface area contributed by atoms with Crippen LogP contribution in [-0.4, -0.2) is 15.5 Å². The van der Waals surface area contributed by atoms with Crippen molar-refractivity contribution >= 4 is 44.7 Å². The lowest BCUT2D eigenvalue weighted by atomic mass is 9.97. The Hall–Kier alpha value is -3.16. The van der Waals surface area contributed by atoms with Crippen molar-refractivity contribution in [1.29, 1.82) is 0 Å². The molecule has 0 saturated carbocycles. The van der Waals surface area contributed by atoms with Crippen LogP contribution in [0.5, 0.6) is 11.5 Å². The molecule has 1 N–H and O–H groups in total. The Morgan fingerprint density at radius 1 is 1.06 bits per heavy atom. The molecule has 8 heteroatoms. The third kappa shape index (κ3) is 4.26. The average Bonchev–Trinajstić information content (AvgIpc) is 3.18. The van der Waals surface area contributed by atoms with E-state index in [-0.39, 0.29) is 18.0 Å². The summed E-state index contributed by atoms with van der Waals surface area (Å²) in [4.78, 5) is 32.1. The summed E-state index contributed by atoms with van der Waals surface area (Å²) in [5.41, 5.74) is 1.60. The maximum Gasteiger partial charge on any atom is 0.262 e. The van der Waals surface area contributed by atoms with E-state index in [1.165, 1.54) is 15.8 Å². The second kappa shape index (κ2) is 8.76. The first-order chi connectivity index (χ1) is 15.6. The van der Waals surface area contributed by atoms with E-state index in [2.05, 4.69) is 10.3 Å². The van der Waals surface area contributed by atoms with Crippen molar-refractivity contribution in [1.82, 2.24) is 9.55 Å². The number of halogens is 1. The highest BCUT2D eigenvalue weighted by Crippen LogP contribution is 2.33. The van der Waals surface area contributed by atoms with Gasteiger partial charge in [0.25, 0.3) is 5.56 Å². The summed E-state index contributed by atoms with van der Waals surface area (Å²) in [6.45, 7) is -0.0879. The van der Waals surface area contributed by atoms with Gasteiger partial charge >= 0.3 is 0 Å². The first-order valence-electron chi connectivity index (χ1n) is 10.4. The van der Waals surface area contributed by atoms with Crippen molar-refractivity contribution in [2.24, 2.45) is 0 Å². The predicted molar refractivity (Wildman–Crippen MR) is 127 cm³/mol. The van der Waals surface area contributed by atoms with Crippen LogP contribution >= 0.6 is 22.9 Å². The van der Waals surface area contributed by atoms with Gasteiger partial charge in [-0.25, -0.2) is 4.98 Å². The topological polar surface area (TPSA) is 73.2 Å². The number of anilines is 1. The van der Waals surface area contributed by atoms with Crippen LogP contribution in [0.2, 0.25) is 5.02 Å². The van der Waals surface area contributed by atoms with Gasteiger partial charge < -0.3 is 10.1 Å². The molecule has 0 unspecified atom stereocenters. The summed E-state index contributed by atoms with van der Waals surface area (Å²) in [6.07, 6.45) is 5.63. The number of amides is 1. The van der Waals surface area contributed by atoms with E-state index in [1.807, 2.05) is 0 Å². The van der Waals surface area contributed by atoms with Crippen LogP contribution in [-0.2, 0) is 24.2 Å². The molecular weight excluding hydrogens is 446 g/mol. The number of aromatic nitrogens is 2. The minimum Gasteiger partial charge on any atom is -0.457 e. The van der Waals surface area contributed by atoms with Gasteiger partial charge in [-0.15, -0.1) is 11.3 Å².